The van der Waals surface area contributed by atoms with E-state index in [0.717, 1.165) is 36.5 Å². The Balaban J connectivity index is 1.57. The first-order chi connectivity index (χ1) is 14.3. The SMILES string of the molecule is Cc1nnsc1C(=O)NCCn1nc(-c2cccc(C(F)(F)F)c2)n(C2CC2)c1=O. The van der Waals surface area contributed by atoms with E-state index in [9.17, 15) is 22.8 Å². The first-order valence-corrected chi connectivity index (χ1v) is 9.97. The average Bonchev–Trinajstić information content (AvgIpc) is 3.36. The maximum Gasteiger partial charge on any atom is 0.416 e. The molecule has 12 heteroatoms. The Labute approximate surface area is 172 Å². The number of halogens is 3. The van der Waals surface area contributed by atoms with Crippen molar-refractivity contribution in [2.75, 3.05) is 6.54 Å². The molecule has 1 amide bonds. The number of nitrogens with one attached hydrogen (secondary N) is 1. The average molecular weight is 438 g/mol. The minimum absolute atomic E-state index is 0.0729. The third-order valence-corrected chi connectivity index (χ3v) is 5.52. The van der Waals surface area contributed by atoms with Gasteiger partial charge in [-0.15, -0.1) is 10.2 Å². The lowest BCUT2D eigenvalue weighted by Gasteiger charge is -2.09. The normalized spacial score (nSPS) is 14.1. The summed E-state index contributed by atoms with van der Waals surface area (Å²) in [6.45, 7) is 1.88. The van der Waals surface area contributed by atoms with Crippen LogP contribution in [0.1, 0.15) is 39.8 Å². The summed E-state index contributed by atoms with van der Waals surface area (Å²) in [6.07, 6.45) is -2.95. The lowest BCUT2D eigenvalue weighted by Crippen LogP contribution is -2.32. The molecule has 1 aliphatic rings. The van der Waals surface area contributed by atoms with Crippen molar-refractivity contribution in [2.45, 2.75) is 38.5 Å². The molecule has 1 aliphatic carbocycles. The Morgan fingerprint density at radius 2 is 2.10 bits per heavy atom. The van der Waals surface area contributed by atoms with Crippen molar-refractivity contribution in [1.82, 2.24) is 29.3 Å². The van der Waals surface area contributed by atoms with E-state index in [1.807, 2.05) is 0 Å². The number of aromatic nitrogens is 5. The molecule has 158 valence electrons. The zero-order chi connectivity index (χ0) is 21.5. The number of aryl methyl sites for hydroxylation is 1. The van der Waals surface area contributed by atoms with Gasteiger partial charge in [0, 0.05) is 18.2 Å². The fourth-order valence-corrected chi connectivity index (χ4v) is 3.63. The molecule has 0 aliphatic heterocycles. The molecule has 1 fully saturated rings. The number of rotatable bonds is 6. The Hall–Kier alpha value is -3.02. The fourth-order valence-electron chi connectivity index (χ4n) is 3.05. The Bertz CT molecular complexity index is 1150. The van der Waals surface area contributed by atoms with E-state index in [1.165, 1.54) is 21.4 Å². The first-order valence-electron chi connectivity index (χ1n) is 9.20. The third kappa shape index (κ3) is 3.99. The number of carbonyl (C=O) groups excluding carboxylic acids is 1. The molecule has 3 aromatic rings. The fraction of sp³-hybridized carbons (Fsp3) is 0.389. The predicted octanol–water partition coefficient (Wildman–Crippen LogP) is 2.66. The van der Waals surface area contributed by atoms with E-state index < -0.39 is 17.4 Å². The molecule has 0 atom stereocenters. The van der Waals surface area contributed by atoms with Crippen LogP contribution in [0.3, 0.4) is 0 Å². The molecule has 0 unspecified atom stereocenters. The highest BCUT2D eigenvalue weighted by Crippen LogP contribution is 2.37. The number of carbonyl (C=O) groups is 1. The first kappa shape index (κ1) is 20.3. The van der Waals surface area contributed by atoms with Crippen LogP contribution in [0.2, 0.25) is 0 Å². The van der Waals surface area contributed by atoms with E-state index in [4.69, 9.17) is 0 Å². The molecule has 1 N–H and O–H groups in total. The molecule has 8 nitrogen and oxygen atoms in total. The van der Waals surface area contributed by atoms with Crippen molar-refractivity contribution >= 4 is 17.4 Å². The number of hydrogen-bond donors (Lipinski definition) is 1. The molecular formula is C18H17F3N6O2S. The Morgan fingerprint density at radius 3 is 2.73 bits per heavy atom. The highest BCUT2D eigenvalue weighted by Gasteiger charge is 2.33. The summed E-state index contributed by atoms with van der Waals surface area (Å²) in [4.78, 5) is 25.3. The maximum absolute atomic E-state index is 13.1. The Morgan fingerprint density at radius 1 is 1.33 bits per heavy atom. The molecule has 2 aromatic heterocycles. The second-order valence-electron chi connectivity index (χ2n) is 6.95. The topological polar surface area (TPSA) is 94.7 Å². The maximum atomic E-state index is 13.1. The van der Waals surface area contributed by atoms with Gasteiger partial charge in [0.2, 0.25) is 0 Å². The second-order valence-corrected chi connectivity index (χ2v) is 7.71. The van der Waals surface area contributed by atoms with Gasteiger partial charge in [0.1, 0.15) is 4.88 Å². The lowest BCUT2D eigenvalue weighted by molar-refractivity contribution is -0.137. The van der Waals surface area contributed by atoms with Crippen molar-refractivity contribution in [2.24, 2.45) is 0 Å². The van der Waals surface area contributed by atoms with Crippen molar-refractivity contribution in [3.8, 4) is 11.4 Å². The zero-order valence-corrected chi connectivity index (χ0v) is 16.6. The van der Waals surface area contributed by atoms with Crippen LogP contribution in [0.5, 0.6) is 0 Å². The summed E-state index contributed by atoms with van der Waals surface area (Å²) in [5, 5.41) is 10.7. The van der Waals surface area contributed by atoms with Crippen molar-refractivity contribution in [1.29, 1.82) is 0 Å². The molecule has 0 bridgehead atoms. The van der Waals surface area contributed by atoms with Crippen LogP contribution in [0.25, 0.3) is 11.4 Å². The van der Waals surface area contributed by atoms with Gasteiger partial charge in [-0.1, -0.05) is 16.6 Å². The van der Waals surface area contributed by atoms with Gasteiger partial charge in [-0.2, -0.15) is 13.2 Å². The Kier molecular flexibility index (Phi) is 5.18. The second kappa shape index (κ2) is 7.67. The van der Waals surface area contributed by atoms with Gasteiger partial charge in [0.05, 0.1) is 17.8 Å². The molecule has 1 aromatic carbocycles. The zero-order valence-electron chi connectivity index (χ0n) is 15.8. The standard InChI is InChI=1S/C18H17F3N6O2S/c1-10-14(30-25-23-10)16(28)22-7-8-26-17(29)27(13-5-6-13)15(24-26)11-3-2-4-12(9-11)18(19,20)21/h2-4,9,13H,5-8H2,1H3,(H,22,28). The molecule has 2 heterocycles. The van der Waals surface area contributed by atoms with E-state index in [1.54, 1.807) is 6.92 Å². The largest absolute Gasteiger partial charge is 0.416 e. The summed E-state index contributed by atoms with van der Waals surface area (Å²) in [5.74, 6) is -0.155. The molecule has 30 heavy (non-hydrogen) atoms. The number of alkyl halides is 3. The van der Waals surface area contributed by atoms with E-state index in [-0.39, 0.29) is 36.4 Å². The van der Waals surface area contributed by atoms with Crippen molar-refractivity contribution < 1.29 is 18.0 Å². The number of amides is 1. The van der Waals surface area contributed by atoms with Crippen molar-refractivity contribution in [3.05, 3.63) is 50.9 Å². The van der Waals surface area contributed by atoms with Crippen LogP contribution in [-0.2, 0) is 12.7 Å². The smallest absolute Gasteiger partial charge is 0.349 e. The van der Waals surface area contributed by atoms with Crippen LogP contribution in [0.15, 0.2) is 29.1 Å². The minimum Gasteiger partial charge on any atom is -0.349 e. The quantitative estimate of drug-likeness (QED) is 0.639. The lowest BCUT2D eigenvalue weighted by atomic mass is 10.1. The van der Waals surface area contributed by atoms with Gasteiger partial charge < -0.3 is 5.32 Å². The summed E-state index contributed by atoms with van der Waals surface area (Å²) in [7, 11) is 0. The third-order valence-electron chi connectivity index (χ3n) is 4.70. The summed E-state index contributed by atoms with van der Waals surface area (Å²) in [5.41, 5.74) is -0.470. The number of hydrogen-bond acceptors (Lipinski definition) is 6. The van der Waals surface area contributed by atoms with Crippen LogP contribution in [0, 0.1) is 6.92 Å². The molecular weight excluding hydrogens is 421 g/mol. The van der Waals surface area contributed by atoms with E-state index in [0.29, 0.717) is 10.6 Å². The summed E-state index contributed by atoms with van der Waals surface area (Å²) in [6, 6.07) is 4.70. The van der Waals surface area contributed by atoms with Gasteiger partial charge in [-0.25, -0.2) is 9.48 Å². The van der Waals surface area contributed by atoms with Crippen molar-refractivity contribution in [3.63, 3.8) is 0 Å². The van der Waals surface area contributed by atoms with Gasteiger partial charge in [0.25, 0.3) is 5.91 Å². The van der Waals surface area contributed by atoms with E-state index >= 15 is 0 Å². The van der Waals surface area contributed by atoms with E-state index in [2.05, 4.69) is 20.0 Å². The van der Waals surface area contributed by atoms with Crippen LogP contribution in [-0.4, -0.2) is 36.4 Å². The highest BCUT2D eigenvalue weighted by molar-refractivity contribution is 7.07. The van der Waals surface area contributed by atoms with Crippen LogP contribution in [0.4, 0.5) is 13.2 Å². The summed E-state index contributed by atoms with van der Waals surface area (Å²) < 4.78 is 45.6. The predicted molar refractivity (Wildman–Crippen MR) is 102 cm³/mol. The number of benzene rings is 1. The molecule has 0 radical (unpaired) electrons. The van der Waals surface area contributed by atoms with Crippen LogP contribution < -0.4 is 11.0 Å². The molecule has 1 saturated carbocycles. The molecule has 0 spiro atoms. The van der Waals surface area contributed by atoms with Gasteiger partial charge in [0.15, 0.2) is 5.82 Å². The van der Waals surface area contributed by atoms with Gasteiger partial charge in [-0.05, 0) is 43.4 Å². The van der Waals surface area contributed by atoms with Gasteiger partial charge in [-0.3, -0.25) is 9.36 Å². The minimum atomic E-state index is -4.49. The molecule has 4 rings (SSSR count). The highest BCUT2D eigenvalue weighted by atomic mass is 32.1. The summed E-state index contributed by atoms with van der Waals surface area (Å²) >= 11 is 0.973. The monoisotopic (exact) mass is 438 g/mol. The number of nitrogens with zero attached hydrogens (tertiary/aromatic N) is 5. The molecule has 0 saturated heterocycles. The van der Waals surface area contributed by atoms with Crippen LogP contribution >= 0.6 is 11.5 Å². The van der Waals surface area contributed by atoms with Gasteiger partial charge >= 0.3 is 11.9 Å².